The number of carbonyl (C=O) groups is 1. The first-order chi connectivity index (χ1) is 17.7. The standard InChI is InChI=1S/C25H28N6O4S2.ClH/c1-29(2)17-18-31(25-28-23-21(35-3)7-4-8-22(23)36-25)24(32)19-9-11-20(12-10-19)37(33,34)30(15-5-13-26)16-6-14-27;/h4,7-12H,5-6,15-18H2,1-3H3;1H. The maximum atomic E-state index is 13.6. The maximum absolute atomic E-state index is 13.6. The van der Waals surface area contributed by atoms with E-state index < -0.39 is 10.0 Å². The summed E-state index contributed by atoms with van der Waals surface area (Å²) in [6.45, 7) is 0.948. The van der Waals surface area contributed by atoms with Gasteiger partial charge in [-0.3, -0.25) is 9.69 Å². The maximum Gasteiger partial charge on any atom is 0.260 e. The highest BCUT2D eigenvalue weighted by Gasteiger charge is 2.26. The normalized spacial score (nSPS) is 11.1. The SMILES string of the molecule is COc1cccc2sc(N(CCN(C)C)C(=O)c3ccc(S(=O)(=O)N(CCC#N)CCC#N)cc3)nc12.Cl. The minimum atomic E-state index is -3.93. The van der Waals surface area contributed by atoms with Gasteiger partial charge in [0.1, 0.15) is 11.3 Å². The zero-order valence-corrected chi connectivity index (χ0v) is 23.8. The second-order valence-corrected chi connectivity index (χ2v) is 11.3. The topological polar surface area (TPSA) is 131 Å². The molecule has 0 unspecified atom stereocenters. The second-order valence-electron chi connectivity index (χ2n) is 8.31. The summed E-state index contributed by atoms with van der Waals surface area (Å²) >= 11 is 1.38. The summed E-state index contributed by atoms with van der Waals surface area (Å²) < 4.78 is 33.6. The molecule has 2 aromatic carbocycles. The van der Waals surface area contributed by atoms with Crippen LogP contribution in [0.25, 0.3) is 10.2 Å². The number of methoxy groups -OCH3 is 1. The summed E-state index contributed by atoms with van der Waals surface area (Å²) in [4.78, 5) is 21.8. The molecule has 0 saturated carbocycles. The van der Waals surface area contributed by atoms with E-state index in [2.05, 4.69) is 4.98 Å². The van der Waals surface area contributed by atoms with Crippen molar-refractivity contribution in [2.45, 2.75) is 17.7 Å². The van der Waals surface area contributed by atoms with E-state index in [-0.39, 0.29) is 49.1 Å². The molecule has 1 heterocycles. The summed E-state index contributed by atoms with van der Waals surface area (Å²) in [6.07, 6.45) is 0.0179. The molecule has 10 nitrogen and oxygen atoms in total. The molecule has 0 aliphatic rings. The molecule has 13 heteroatoms. The van der Waals surface area contributed by atoms with Gasteiger partial charge in [-0.2, -0.15) is 14.8 Å². The van der Waals surface area contributed by atoms with Gasteiger partial charge in [0.2, 0.25) is 10.0 Å². The van der Waals surface area contributed by atoms with E-state index in [0.29, 0.717) is 35.1 Å². The summed E-state index contributed by atoms with van der Waals surface area (Å²) in [5.41, 5.74) is 0.980. The fourth-order valence-electron chi connectivity index (χ4n) is 3.55. The van der Waals surface area contributed by atoms with Gasteiger partial charge in [0.15, 0.2) is 5.13 Å². The minimum Gasteiger partial charge on any atom is -0.494 e. The molecule has 202 valence electrons. The Morgan fingerprint density at radius 2 is 1.63 bits per heavy atom. The monoisotopic (exact) mass is 576 g/mol. The van der Waals surface area contributed by atoms with E-state index in [1.165, 1.54) is 35.6 Å². The zero-order chi connectivity index (χ0) is 27.0. The molecule has 38 heavy (non-hydrogen) atoms. The highest BCUT2D eigenvalue weighted by atomic mass is 35.5. The first kappa shape index (κ1) is 31.0. The fraction of sp³-hybridized carbons (Fsp3) is 0.360. The molecule has 0 radical (unpaired) electrons. The molecule has 0 aliphatic carbocycles. The molecular weight excluding hydrogens is 548 g/mol. The lowest BCUT2D eigenvalue weighted by molar-refractivity contribution is 0.0985. The highest BCUT2D eigenvalue weighted by Crippen LogP contribution is 2.34. The van der Waals surface area contributed by atoms with Crippen molar-refractivity contribution in [3.63, 3.8) is 0 Å². The smallest absolute Gasteiger partial charge is 0.260 e. The zero-order valence-electron chi connectivity index (χ0n) is 21.3. The molecule has 0 N–H and O–H groups in total. The number of carbonyl (C=O) groups excluding carboxylic acids is 1. The Labute approximate surface area is 233 Å². The predicted molar refractivity (Wildman–Crippen MR) is 149 cm³/mol. The van der Waals surface area contributed by atoms with Crippen LogP contribution in [0.5, 0.6) is 5.75 Å². The van der Waals surface area contributed by atoms with Crippen LogP contribution in [0.3, 0.4) is 0 Å². The number of nitriles is 2. The van der Waals surface area contributed by atoms with E-state index >= 15 is 0 Å². The van der Waals surface area contributed by atoms with Gasteiger partial charge in [0.05, 0.1) is 28.8 Å². The number of fused-ring (bicyclic) bond motifs is 1. The van der Waals surface area contributed by atoms with Crippen LogP contribution < -0.4 is 9.64 Å². The number of hydrogen-bond acceptors (Lipinski definition) is 9. The Hall–Kier alpha value is -3.26. The van der Waals surface area contributed by atoms with E-state index in [9.17, 15) is 13.2 Å². The van der Waals surface area contributed by atoms with Crippen LogP contribution in [0.15, 0.2) is 47.4 Å². The lowest BCUT2D eigenvalue weighted by Crippen LogP contribution is -2.37. The van der Waals surface area contributed by atoms with Crippen molar-refractivity contribution in [3.05, 3.63) is 48.0 Å². The van der Waals surface area contributed by atoms with Gasteiger partial charge in [-0.25, -0.2) is 13.4 Å². The third kappa shape index (κ3) is 7.19. The summed E-state index contributed by atoms with van der Waals surface area (Å²) in [5.74, 6) is 0.307. The number of hydrogen-bond donors (Lipinski definition) is 0. The van der Waals surface area contributed by atoms with Crippen LogP contribution in [-0.4, -0.2) is 75.9 Å². The number of likely N-dealkylation sites (N-methyl/N-ethyl adjacent to an activating group) is 1. The Morgan fingerprint density at radius 3 is 2.18 bits per heavy atom. The number of halogens is 1. The van der Waals surface area contributed by atoms with Crippen LogP contribution in [0, 0.1) is 22.7 Å². The molecule has 0 aliphatic heterocycles. The number of benzene rings is 2. The van der Waals surface area contributed by atoms with Crippen molar-refractivity contribution in [1.82, 2.24) is 14.2 Å². The number of para-hydroxylation sites is 1. The van der Waals surface area contributed by atoms with Gasteiger partial charge in [0, 0.05) is 44.6 Å². The number of anilines is 1. The number of aromatic nitrogens is 1. The van der Waals surface area contributed by atoms with Gasteiger partial charge in [-0.1, -0.05) is 17.4 Å². The molecule has 0 bridgehead atoms. The lowest BCUT2D eigenvalue weighted by Gasteiger charge is -2.22. The molecule has 3 rings (SSSR count). The second kappa shape index (κ2) is 14.0. The Morgan fingerprint density at radius 1 is 1.00 bits per heavy atom. The molecule has 1 aromatic heterocycles. The molecular formula is C25H29ClN6O4S2. The Bertz CT molecular complexity index is 1410. The summed E-state index contributed by atoms with van der Waals surface area (Å²) in [7, 11) is 1.46. The first-order valence-corrected chi connectivity index (χ1v) is 13.7. The quantitative estimate of drug-likeness (QED) is 0.318. The molecule has 3 aromatic rings. The molecule has 0 spiro atoms. The van der Waals surface area contributed by atoms with Gasteiger partial charge in [-0.05, 0) is 50.5 Å². The average Bonchev–Trinajstić information content (AvgIpc) is 3.32. The minimum absolute atomic E-state index is 0. The first-order valence-electron chi connectivity index (χ1n) is 11.5. The van der Waals surface area contributed by atoms with Crippen LogP contribution >= 0.6 is 23.7 Å². The van der Waals surface area contributed by atoms with Gasteiger partial charge in [-0.15, -0.1) is 12.4 Å². The predicted octanol–water partition coefficient (Wildman–Crippen LogP) is 3.75. The largest absolute Gasteiger partial charge is 0.494 e. The van der Waals surface area contributed by atoms with E-state index in [1.54, 1.807) is 12.0 Å². The molecule has 1 amide bonds. The van der Waals surface area contributed by atoms with E-state index in [0.717, 1.165) is 9.01 Å². The van der Waals surface area contributed by atoms with Gasteiger partial charge >= 0.3 is 0 Å². The van der Waals surface area contributed by atoms with Crippen LogP contribution in [0.1, 0.15) is 23.2 Å². The number of rotatable bonds is 12. The molecule has 0 atom stereocenters. The number of nitrogens with zero attached hydrogens (tertiary/aromatic N) is 6. The Kier molecular flexibility index (Phi) is 11.4. The van der Waals surface area contributed by atoms with Crippen molar-refractivity contribution >= 4 is 55.0 Å². The third-order valence-electron chi connectivity index (χ3n) is 5.52. The van der Waals surface area contributed by atoms with Crippen LogP contribution in [0.2, 0.25) is 0 Å². The van der Waals surface area contributed by atoms with Crippen molar-refractivity contribution in [1.29, 1.82) is 10.5 Å². The van der Waals surface area contributed by atoms with Gasteiger partial charge < -0.3 is 9.64 Å². The van der Waals surface area contributed by atoms with E-state index in [1.807, 2.05) is 49.3 Å². The number of sulfonamides is 1. The Balaban J connectivity index is 0.00000507. The third-order valence-corrected chi connectivity index (χ3v) is 8.48. The highest BCUT2D eigenvalue weighted by molar-refractivity contribution is 7.89. The molecule has 0 saturated heterocycles. The van der Waals surface area contributed by atoms with Crippen molar-refractivity contribution in [2.75, 3.05) is 52.3 Å². The van der Waals surface area contributed by atoms with E-state index in [4.69, 9.17) is 15.3 Å². The summed E-state index contributed by atoms with van der Waals surface area (Å²) in [5, 5.41) is 18.3. The fourth-order valence-corrected chi connectivity index (χ4v) is 6.00. The van der Waals surface area contributed by atoms with Crippen molar-refractivity contribution in [3.8, 4) is 17.9 Å². The molecule has 0 fully saturated rings. The van der Waals surface area contributed by atoms with Crippen molar-refractivity contribution < 1.29 is 17.9 Å². The summed E-state index contributed by atoms with van der Waals surface area (Å²) in [6, 6.07) is 15.1. The van der Waals surface area contributed by atoms with Gasteiger partial charge in [0.25, 0.3) is 5.91 Å². The number of amides is 1. The lowest BCUT2D eigenvalue weighted by atomic mass is 10.2. The van der Waals surface area contributed by atoms with Crippen LogP contribution in [0.4, 0.5) is 5.13 Å². The van der Waals surface area contributed by atoms with Crippen LogP contribution in [-0.2, 0) is 10.0 Å². The number of thiazole rings is 1. The average molecular weight is 577 g/mol. The van der Waals surface area contributed by atoms with Crippen molar-refractivity contribution in [2.24, 2.45) is 0 Å². The number of ether oxygens (including phenoxy) is 1.